The Bertz CT molecular complexity index is 392. The van der Waals surface area contributed by atoms with Gasteiger partial charge in [0.2, 0.25) is 0 Å². The molecule has 18 heavy (non-hydrogen) atoms. The van der Waals surface area contributed by atoms with E-state index in [2.05, 4.69) is 17.0 Å². The molecule has 1 saturated carbocycles. The van der Waals surface area contributed by atoms with Gasteiger partial charge in [0, 0.05) is 25.2 Å². The van der Waals surface area contributed by atoms with Crippen LogP contribution >= 0.6 is 11.6 Å². The Labute approximate surface area is 115 Å². The Morgan fingerprint density at radius 1 is 1.28 bits per heavy atom. The van der Waals surface area contributed by atoms with Gasteiger partial charge in [-0.25, -0.2) is 0 Å². The van der Waals surface area contributed by atoms with Gasteiger partial charge < -0.3 is 0 Å². The van der Waals surface area contributed by atoms with Gasteiger partial charge in [0.15, 0.2) is 0 Å². The number of aryl methyl sites for hydroxylation is 2. The third-order valence-corrected chi connectivity index (χ3v) is 4.60. The minimum atomic E-state index is 0.711. The first-order valence-corrected chi connectivity index (χ1v) is 7.35. The van der Waals surface area contributed by atoms with Gasteiger partial charge in [0.25, 0.3) is 0 Å². The van der Waals surface area contributed by atoms with Crippen molar-refractivity contribution in [2.75, 3.05) is 7.05 Å². The number of nitrogens with zero attached hydrogens (tertiary/aromatic N) is 3. The van der Waals surface area contributed by atoms with E-state index in [9.17, 15) is 0 Å². The quantitative estimate of drug-likeness (QED) is 0.783. The van der Waals surface area contributed by atoms with Crippen LogP contribution in [0.3, 0.4) is 0 Å². The molecule has 1 aromatic heterocycles. The molecular weight excluding hydrogens is 246 g/mol. The molecule has 1 heterocycles. The summed E-state index contributed by atoms with van der Waals surface area (Å²) >= 11 is 6.30. The Morgan fingerprint density at radius 3 is 2.39 bits per heavy atom. The summed E-state index contributed by atoms with van der Waals surface area (Å²) in [5.74, 6) is 0. The first-order chi connectivity index (χ1) is 8.59. The summed E-state index contributed by atoms with van der Waals surface area (Å²) < 4.78 is 1.77. The molecule has 0 N–H and O–H groups in total. The highest BCUT2D eigenvalue weighted by atomic mass is 35.5. The van der Waals surface area contributed by atoms with E-state index in [1.807, 2.05) is 14.0 Å². The Hall–Kier alpha value is -0.540. The van der Waals surface area contributed by atoms with E-state index in [-0.39, 0.29) is 0 Å². The SMILES string of the molecule is Cc1nn(C)c(Cl)c1CN(C)C1CCCCCC1. The third kappa shape index (κ3) is 3.07. The number of rotatable bonds is 3. The van der Waals surface area contributed by atoms with Crippen molar-refractivity contribution in [3.63, 3.8) is 0 Å². The van der Waals surface area contributed by atoms with Crippen molar-refractivity contribution in [3.05, 3.63) is 16.4 Å². The van der Waals surface area contributed by atoms with Crippen LogP contribution in [0.5, 0.6) is 0 Å². The summed E-state index contributed by atoms with van der Waals surface area (Å²) in [7, 11) is 4.13. The molecule has 1 aromatic rings. The van der Waals surface area contributed by atoms with E-state index in [0.29, 0.717) is 6.04 Å². The monoisotopic (exact) mass is 269 g/mol. The van der Waals surface area contributed by atoms with Crippen molar-refractivity contribution in [1.82, 2.24) is 14.7 Å². The van der Waals surface area contributed by atoms with E-state index in [1.54, 1.807) is 4.68 Å². The molecule has 0 aromatic carbocycles. The third-order valence-electron chi connectivity index (χ3n) is 4.13. The topological polar surface area (TPSA) is 21.1 Å². The first-order valence-electron chi connectivity index (χ1n) is 6.98. The minimum absolute atomic E-state index is 0.711. The van der Waals surface area contributed by atoms with Crippen molar-refractivity contribution in [2.24, 2.45) is 7.05 Å². The van der Waals surface area contributed by atoms with Crippen LogP contribution in [0.2, 0.25) is 5.15 Å². The predicted octanol–water partition coefficient (Wildman–Crippen LogP) is 3.54. The maximum atomic E-state index is 6.30. The molecule has 102 valence electrons. The van der Waals surface area contributed by atoms with E-state index in [4.69, 9.17) is 11.6 Å². The summed E-state index contributed by atoms with van der Waals surface area (Å²) in [4.78, 5) is 2.46. The molecule has 1 aliphatic carbocycles. The molecule has 4 heteroatoms. The highest BCUT2D eigenvalue weighted by molar-refractivity contribution is 6.30. The van der Waals surface area contributed by atoms with Crippen molar-refractivity contribution >= 4 is 11.6 Å². The van der Waals surface area contributed by atoms with Gasteiger partial charge in [-0.1, -0.05) is 37.3 Å². The van der Waals surface area contributed by atoms with Gasteiger partial charge in [-0.15, -0.1) is 0 Å². The fraction of sp³-hybridized carbons (Fsp3) is 0.786. The maximum Gasteiger partial charge on any atom is 0.131 e. The van der Waals surface area contributed by atoms with Gasteiger partial charge in [-0.2, -0.15) is 5.10 Å². The molecule has 0 atom stereocenters. The minimum Gasteiger partial charge on any atom is -0.299 e. The second kappa shape index (κ2) is 6.07. The number of aromatic nitrogens is 2. The average Bonchev–Trinajstić information content (AvgIpc) is 2.58. The molecule has 0 radical (unpaired) electrons. The Balaban J connectivity index is 2.03. The largest absolute Gasteiger partial charge is 0.299 e. The zero-order valence-electron chi connectivity index (χ0n) is 11.7. The van der Waals surface area contributed by atoms with Crippen LogP contribution in [-0.2, 0) is 13.6 Å². The van der Waals surface area contributed by atoms with E-state index >= 15 is 0 Å². The fourth-order valence-corrected chi connectivity index (χ4v) is 3.16. The van der Waals surface area contributed by atoms with Gasteiger partial charge in [-0.3, -0.25) is 9.58 Å². The lowest BCUT2D eigenvalue weighted by atomic mass is 10.1. The zero-order chi connectivity index (χ0) is 13.1. The molecule has 0 saturated heterocycles. The van der Waals surface area contributed by atoms with Gasteiger partial charge in [-0.05, 0) is 26.8 Å². The van der Waals surface area contributed by atoms with Crippen molar-refractivity contribution in [1.29, 1.82) is 0 Å². The average molecular weight is 270 g/mol. The van der Waals surface area contributed by atoms with Crippen LogP contribution < -0.4 is 0 Å². The molecule has 1 aliphatic rings. The smallest absolute Gasteiger partial charge is 0.131 e. The zero-order valence-corrected chi connectivity index (χ0v) is 12.5. The summed E-state index contributed by atoms with van der Waals surface area (Å²) in [6, 6.07) is 0.711. The lowest BCUT2D eigenvalue weighted by molar-refractivity contribution is 0.212. The standard InChI is InChI=1S/C14H24ClN3/c1-11-13(14(15)18(3)16-11)10-17(2)12-8-6-4-5-7-9-12/h12H,4-10H2,1-3H3. The second-order valence-electron chi connectivity index (χ2n) is 5.54. The van der Waals surface area contributed by atoms with Crippen LogP contribution in [0.15, 0.2) is 0 Å². The number of halogens is 1. The highest BCUT2D eigenvalue weighted by Gasteiger charge is 2.20. The predicted molar refractivity (Wildman–Crippen MR) is 75.9 cm³/mol. The lowest BCUT2D eigenvalue weighted by Crippen LogP contribution is -2.30. The van der Waals surface area contributed by atoms with E-state index in [1.165, 1.54) is 44.1 Å². The molecule has 0 unspecified atom stereocenters. The molecule has 0 amide bonds. The molecule has 1 fully saturated rings. The van der Waals surface area contributed by atoms with Crippen LogP contribution in [-0.4, -0.2) is 27.8 Å². The van der Waals surface area contributed by atoms with Crippen LogP contribution in [0.1, 0.15) is 49.8 Å². The van der Waals surface area contributed by atoms with Crippen LogP contribution in [0, 0.1) is 6.92 Å². The Kier molecular flexibility index (Phi) is 4.68. The van der Waals surface area contributed by atoms with Crippen molar-refractivity contribution < 1.29 is 0 Å². The van der Waals surface area contributed by atoms with Gasteiger partial charge in [0.05, 0.1) is 5.69 Å². The molecule has 3 nitrogen and oxygen atoms in total. The van der Waals surface area contributed by atoms with Gasteiger partial charge >= 0.3 is 0 Å². The van der Waals surface area contributed by atoms with Crippen LogP contribution in [0.25, 0.3) is 0 Å². The molecule has 0 aliphatic heterocycles. The van der Waals surface area contributed by atoms with Crippen molar-refractivity contribution in [2.45, 2.75) is 58.0 Å². The van der Waals surface area contributed by atoms with Crippen LogP contribution in [0.4, 0.5) is 0 Å². The summed E-state index contributed by atoms with van der Waals surface area (Å²) in [5, 5.41) is 5.17. The summed E-state index contributed by atoms with van der Waals surface area (Å²) in [6.45, 7) is 2.96. The van der Waals surface area contributed by atoms with Gasteiger partial charge in [0.1, 0.15) is 5.15 Å². The van der Waals surface area contributed by atoms with E-state index in [0.717, 1.165) is 17.4 Å². The lowest BCUT2D eigenvalue weighted by Gasteiger charge is -2.27. The highest BCUT2D eigenvalue weighted by Crippen LogP contribution is 2.25. The second-order valence-corrected chi connectivity index (χ2v) is 5.90. The molecule has 0 spiro atoms. The molecule has 2 rings (SSSR count). The molecule has 0 bridgehead atoms. The number of hydrogen-bond acceptors (Lipinski definition) is 2. The fourth-order valence-electron chi connectivity index (χ4n) is 2.93. The first kappa shape index (κ1) is 13.9. The summed E-state index contributed by atoms with van der Waals surface area (Å²) in [5.41, 5.74) is 2.24. The Morgan fingerprint density at radius 2 is 1.89 bits per heavy atom. The van der Waals surface area contributed by atoms with Crippen molar-refractivity contribution in [3.8, 4) is 0 Å². The normalized spacial score (nSPS) is 18.3. The number of hydrogen-bond donors (Lipinski definition) is 0. The molecular formula is C14H24ClN3. The maximum absolute atomic E-state index is 6.30. The summed E-state index contributed by atoms with van der Waals surface area (Å²) in [6.07, 6.45) is 8.19. The van der Waals surface area contributed by atoms with E-state index < -0.39 is 0 Å².